The summed E-state index contributed by atoms with van der Waals surface area (Å²) >= 11 is 1.41. The van der Waals surface area contributed by atoms with Gasteiger partial charge in [0.1, 0.15) is 10.8 Å². The Bertz CT molecular complexity index is 1370. The maximum absolute atomic E-state index is 11.9. The van der Waals surface area contributed by atoms with Gasteiger partial charge in [-0.15, -0.1) is 11.3 Å². The number of fused-ring (bicyclic) bond motifs is 2. The zero-order valence-corrected chi connectivity index (χ0v) is 21.2. The molecular formula is C29H31N3O3S. The van der Waals surface area contributed by atoms with Gasteiger partial charge in [0.05, 0.1) is 12.7 Å². The van der Waals surface area contributed by atoms with E-state index in [9.17, 15) is 9.90 Å². The molecule has 1 atom stereocenters. The van der Waals surface area contributed by atoms with Crippen LogP contribution in [0, 0.1) is 0 Å². The smallest absolute Gasteiger partial charge is 0.338 e. The molecule has 0 saturated heterocycles. The van der Waals surface area contributed by atoms with Crippen molar-refractivity contribution in [2.24, 2.45) is 0 Å². The fourth-order valence-corrected chi connectivity index (χ4v) is 6.15. The van der Waals surface area contributed by atoms with Crippen LogP contribution in [0.2, 0.25) is 0 Å². The van der Waals surface area contributed by atoms with Crippen LogP contribution in [0.1, 0.15) is 31.9 Å². The number of aromatic carboxylic acids is 1. The van der Waals surface area contributed by atoms with Crippen molar-refractivity contribution in [3.05, 3.63) is 93.9 Å². The summed E-state index contributed by atoms with van der Waals surface area (Å²) in [4.78, 5) is 15.4. The van der Waals surface area contributed by atoms with E-state index in [1.807, 2.05) is 12.1 Å². The fourth-order valence-electron chi connectivity index (χ4n) is 5.04. The minimum Gasteiger partial charge on any atom is -0.497 e. The first-order valence-electron chi connectivity index (χ1n) is 12.2. The van der Waals surface area contributed by atoms with E-state index >= 15 is 0 Å². The Morgan fingerprint density at radius 2 is 1.86 bits per heavy atom. The van der Waals surface area contributed by atoms with Crippen LogP contribution in [0.15, 0.2) is 66.7 Å². The molecule has 4 N–H and O–H groups in total. The predicted octanol–water partition coefficient (Wildman–Crippen LogP) is 4.95. The normalized spacial score (nSPS) is 15.6. The largest absolute Gasteiger partial charge is 0.497 e. The van der Waals surface area contributed by atoms with E-state index in [4.69, 9.17) is 10.5 Å². The molecule has 0 aliphatic carbocycles. The average Bonchev–Trinajstić information content (AvgIpc) is 3.21. The number of nitrogen functional groups attached to an aromatic ring is 1. The number of methoxy groups -OCH3 is 1. The summed E-state index contributed by atoms with van der Waals surface area (Å²) in [6.07, 6.45) is 1.61. The number of thiophene rings is 1. The molecule has 0 spiro atoms. The molecule has 0 radical (unpaired) electrons. The van der Waals surface area contributed by atoms with E-state index < -0.39 is 5.97 Å². The van der Waals surface area contributed by atoms with Gasteiger partial charge in [0.2, 0.25) is 0 Å². The quantitative estimate of drug-likeness (QED) is 0.281. The number of carboxylic acids is 1. The first kappa shape index (κ1) is 24.3. The van der Waals surface area contributed by atoms with Crippen molar-refractivity contribution >= 4 is 33.1 Å². The molecule has 2 heterocycles. The number of carbonyl (C=O) groups is 1. The van der Waals surface area contributed by atoms with E-state index in [1.165, 1.54) is 33.2 Å². The SMILES string of the molecule is COc1ccc(CN2Cc3sc(N)c(C(=O)O)c3CC2CNCCc2ccc3ccccc3c2)cc1. The highest BCUT2D eigenvalue weighted by Gasteiger charge is 2.32. The number of nitrogens with two attached hydrogens (primary N) is 1. The predicted molar refractivity (Wildman–Crippen MR) is 146 cm³/mol. The number of ether oxygens (including phenoxy) is 1. The Hall–Kier alpha value is -3.39. The van der Waals surface area contributed by atoms with Gasteiger partial charge in [-0.25, -0.2) is 4.79 Å². The number of anilines is 1. The monoisotopic (exact) mass is 501 g/mol. The van der Waals surface area contributed by atoms with E-state index in [-0.39, 0.29) is 6.04 Å². The lowest BCUT2D eigenvalue weighted by Crippen LogP contribution is -2.46. The van der Waals surface area contributed by atoms with Crippen LogP contribution in [-0.2, 0) is 25.9 Å². The van der Waals surface area contributed by atoms with Gasteiger partial charge < -0.3 is 20.9 Å². The minimum absolute atomic E-state index is 0.170. The van der Waals surface area contributed by atoms with Gasteiger partial charge in [0.15, 0.2) is 0 Å². The van der Waals surface area contributed by atoms with Crippen molar-refractivity contribution in [1.82, 2.24) is 10.2 Å². The van der Waals surface area contributed by atoms with Gasteiger partial charge in [-0.3, -0.25) is 4.90 Å². The highest BCUT2D eigenvalue weighted by Crippen LogP contribution is 2.37. The van der Waals surface area contributed by atoms with Crippen LogP contribution in [-0.4, -0.2) is 42.2 Å². The molecule has 1 aromatic heterocycles. The van der Waals surface area contributed by atoms with Crippen molar-refractivity contribution in [2.45, 2.75) is 32.0 Å². The minimum atomic E-state index is -0.934. The lowest BCUT2D eigenvalue weighted by molar-refractivity contribution is 0.0695. The second-order valence-electron chi connectivity index (χ2n) is 9.29. The third kappa shape index (κ3) is 5.23. The van der Waals surface area contributed by atoms with Gasteiger partial charge >= 0.3 is 5.97 Å². The number of benzene rings is 3. The number of hydrogen-bond donors (Lipinski definition) is 3. The van der Waals surface area contributed by atoms with Crippen LogP contribution in [0.5, 0.6) is 5.75 Å². The topological polar surface area (TPSA) is 87.8 Å². The third-order valence-electron chi connectivity index (χ3n) is 6.96. The van der Waals surface area contributed by atoms with Gasteiger partial charge in [-0.1, -0.05) is 54.6 Å². The molecule has 0 amide bonds. The Morgan fingerprint density at radius 3 is 2.61 bits per heavy atom. The highest BCUT2D eigenvalue weighted by atomic mass is 32.1. The Morgan fingerprint density at radius 1 is 1.11 bits per heavy atom. The first-order valence-corrected chi connectivity index (χ1v) is 13.0. The molecule has 0 fully saturated rings. The zero-order valence-electron chi connectivity index (χ0n) is 20.4. The van der Waals surface area contributed by atoms with Crippen LogP contribution >= 0.6 is 11.3 Å². The van der Waals surface area contributed by atoms with E-state index in [0.29, 0.717) is 23.5 Å². The maximum Gasteiger partial charge on any atom is 0.338 e. The van der Waals surface area contributed by atoms with Crippen molar-refractivity contribution in [3.8, 4) is 5.75 Å². The van der Waals surface area contributed by atoms with Gasteiger partial charge in [0, 0.05) is 30.6 Å². The van der Waals surface area contributed by atoms with Crippen molar-refractivity contribution < 1.29 is 14.6 Å². The summed E-state index contributed by atoms with van der Waals surface area (Å²) in [7, 11) is 1.67. The summed E-state index contributed by atoms with van der Waals surface area (Å²) in [6.45, 7) is 3.11. The number of nitrogens with zero attached hydrogens (tertiary/aromatic N) is 1. The molecule has 1 aliphatic rings. The molecule has 5 rings (SSSR count). The maximum atomic E-state index is 11.9. The van der Waals surface area contributed by atoms with Gasteiger partial charge in [0.25, 0.3) is 0 Å². The lowest BCUT2D eigenvalue weighted by atomic mass is 9.95. The average molecular weight is 502 g/mol. The summed E-state index contributed by atoms with van der Waals surface area (Å²) in [5.41, 5.74) is 9.81. The van der Waals surface area contributed by atoms with E-state index in [1.54, 1.807) is 7.11 Å². The lowest BCUT2D eigenvalue weighted by Gasteiger charge is -2.36. The summed E-state index contributed by atoms with van der Waals surface area (Å²) in [6, 6.07) is 23.3. The number of nitrogens with one attached hydrogen (secondary N) is 1. The first-order chi connectivity index (χ1) is 17.5. The van der Waals surface area contributed by atoms with Crippen molar-refractivity contribution in [2.75, 3.05) is 25.9 Å². The summed E-state index contributed by atoms with van der Waals surface area (Å²) in [5.74, 6) is -0.0969. The van der Waals surface area contributed by atoms with Crippen LogP contribution in [0.4, 0.5) is 5.00 Å². The van der Waals surface area contributed by atoms with E-state index in [2.05, 4.69) is 64.8 Å². The van der Waals surface area contributed by atoms with Crippen LogP contribution in [0.25, 0.3) is 10.8 Å². The number of carboxylic acid groups (broad SMARTS) is 1. The molecular weight excluding hydrogens is 470 g/mol. The van der Waals surface area contributed by atoms with Crippen molar-refractivity contribution in [3.63, 3.8) is 0 Å². The standard InChI is InChI=1S/C29H31N3O3S/c1-35-24-10-7-20(8-11-24)17-32-18-26-25(27(29(33)34)28(30)36-26)15-23(32)16-31-13-12-19-6-9-21-4-2-3-5-22(21)14-19/h2-11,14,23,31H,12-13,15-18,30H2,1H3,(H,33,34). The Kier molecular flexibility index (Phi) is 7.23. The highest BCUT2D eigenvalue weighted by molar-refractivity contribution is 7.16. The molecule has 0 saturated carbocycles. The molecule has 0 bridgehead atoms. The molecule has 1 unspecified atom stereocenters. The number of hydrogen-bond acceptors (Lipinski definition) is 6. The molecule has 1 aliphatic heterocycles. The molecule has 3 aromatic carbocycles. The second-order valence-corrected chi connectivity index (χ2v) is 10.4. The third-order valence-corrected chi connectivity index (χ3v) is 8.01. The Labute approximate surface area is 215 Å². The molecule has 36 heavy (non-hydrogen) atoms. The molecule has 4 aromatic rings. The summed E-state index contributed by atoms with van der Waals surface area (Å²) in [5, 5.41) is 16.3. The van der Waals surface area contributed by atoms with Gasteiger partial charge in [-0.05, 0) is 59.0 Å². The van der Waals surface area contributed by atoms with E-state index in [0.717, 1.165) is 42.2 Å². The molecule has 186 valence electrons. The molecule has 7 heteroatoms. The van der Waals surface area contributed by atoms with Gasteiger partial charge in [-0.2, -0.15) is 0 Å². The van der Waals surface area contributed by atoms with Crippen LogP contribution in [0.3, 0.4) is 0 Å². The van der Waals surface area contributed by atoms with Crippen LogP contribution < -0.4 is 15.8 Å². The summed E-state index contributed by atoms with van der Waals surface area (Å²) < 4.78 is 5.30. The number of rotatable bonds is 9. The molecule has 6 nitrogen and oxygen atoms in total. The Balaban J connectivity index is 1.28. The van der Waals surface area contributed by atoms with Crippen molar-refractivity contribution in [1.29, 1.82) is 0 Å². The zero-order chi connectivity index (χ0) is 25.1. The fraction of sp³-hybridized carbons (Fsp3) is 0.276. The second kappa shape index (κ2) is 10.7.